The molecule has 0 fully saturated rings. The van der Waals surface area contributed by atoms with Crippen LogP contribution in [0.15, 0.2) is 24.3 Å². The van der Waals surface area contributed by atoms with Gasteiger partial charge in [0.2, 0.25) is 0 Å². The first-order valence-electron chi connectivity index (χ1n) is 7.21. The van der Waals surface area contributed by atoms with Crippen LogP contribution in [0.4, 0.5) is 10.5 Å². The minimum Gasteiger partial charge on any atom is -0.467 e. The lowest BCUT2D eigenvalue weighted by molar-refractivity contribution is -0.142. The molecule has 0 aliphatic rings. The maximum absolute atomic E-state index is 11.8. The second-order valence-corrected chi connectivity index (χ2v) is 7.01. The molecule has 1 atom stereocenters. The molecule has 128 valence electrons. The average molecular weight is 340 g/mol. The summed E-state index contributed by atoms with van der Waals surface area (Å²) in [5, 5.41) is 2.54. The zero-order chi connectivity index (χ0) is 17.5. The standard InChI is InChI=1S/C16H24N2O4S/c1-16(2,3)22-15(20)18-13(14(19)21-4)10-23-9-11-5-7-12(17)8-6-11/h5-8,13H,9-10,17H2,1-4H3,(H,18,20). The first-order chi connectivity index (χ1) is 10.7. The molecule has 3 N–H and O–H groups in total. The molecule has 0 heterocycles. The predicted octanol–water partition coefficient (Wildman–Crippen LogP) is 2.57. The maximum Gasteiger partial charge on any atom is 0.408 e. The largest absolute Gasteiger partial charge is 0.467 e. The summed E-state index contributed by atoms with van der Waals surface area (Å²) in [6.45, 7) is 5.28. The van der Waals surface area contributed by atoms with Crippen LogP contribution < -0.4 is 11.1 Å². The smallest absolute Gasteiger partial charge is 0.408 e. The molecule has 1 aromatic rings. The van der Waals surface area contributed by atoms with Gasteiger partial charge in [-0.05, 0) is 38.5 Å². The molecule has 0 aliphatic carbocycles. The summed E-state index contributed by atoms with van der Waals surface area (Å²) in [5.74, 6) is 0.584. The van der Waals surface area contributed by atoms with Crippen LogP contribution in [-0.4, -0.2) is 36.6 Å². The fraction of sp³-hybridized carbons (Fsp3) is 0.500. The Balaban J connectivity index is 2.52. The molecule has 6 nitrogen and oxygen atoms in total. The van der Waals surface area contributed by atoms with Gasteiger partial charge in [0.25, 0.3) is 0 Å². The first-order valence-corrected chi connectivity index (χ1v) is 8.36. The Morgan fingerprint density at radius 1 is 1.26 bits per heavy atom. The number of carbonyl (C=O) groups excluding carboxylic acids is 2. The highest BCUT2D eigenvalue weighted by Crippen LogP contribution is 2.15. The number of hydrogen-bond acceptors (Lipinski definition) is 6. The summed E-state index contributed by atoms with van der Waals surface area (Å²) in [4.78, 5) is 23.6. The van der Waals surface area contributed by atoms with Crippen molar-refractivity contribution >= 4 is 29.5 Å². The number of ether oxygens (including phenoxy) is 2. The highest BCUT2D eigenvalue weighted by Gasteiger charge is 2.24. The molecule has 0 saturated carbocycles. The van der Waals surface area contributed by atoms with Crippen LogP contribution in [0.1, 0.15) is 26.3 Å². The molecular weight excluding hydrogens is 316 g/mol. The van der Waals surface area contributed by atoms with Crippen molar-refractivity contribution in [2.45, 2.75) is 38.2 Å². The van der Waals surface area contributed by atoms with Crippen LogP contribution >= 0.6 is 11.8 Å². The molecule has 7 heteroatoms. The quantitative estimate of drug-likeness (QED) is 0.611. The molecule has 23 heavy (non-hydrogen) atoms. The minimum atomic E-state index is -0.756. The summed E-state index contributed by atoms with van der Waals surface area (Å²) in [7, 11) is 1.29. The molecule has 0 bridgehead atoms. The summed E-state index contributed by atoms with van der Waals surface area (Å²) in [5.41, 5.74) is 6.81. The predicted molar refractivity (Wildman–Crippen MR) is 92.2 cm³/mol. The Bertz CT molecular complexity index is 526. The van der Waals surface area contributed by atoms with E-state index in [1.54, 1.807) is 20.8 Å². The van der Waals surface area contributed by atoms with E-state index in [1.165, 1.54) is 18.9 Å². The van der Waals surface area contributed by atoms with Crippen molar-refractivity contribution in [1.82, 2.24) is 5.32 Å². The zero-order valence-electron chi connectivity index (χ0n) is 13.9. The van der Waals surface area contributed by atoms with Crippen molar-refractivity contribution in [3.8, 4) is 0 Å². The summed E-state index contributed by atoms with van der Waals surface area (Å²) in [6, 6.07) is 6.75. The highest BCUT2D eigenvalue weighted by molar-refractivity contribution is 7.98. The molecule has 1 amide bonds. The number of hydrogen-bond donors (Lipinski definition) is 2. The monoisotopic (exact) mass is 340 g/mol. The number of nitrogens with one attached hydrogen (secondary N) is 1. The number of rotatable bonds is 6. The highest BCUT2D eigenvalue weighted by atomic mass is 32.2. The number of carbonyl (C=O) groups is 2. The van der Waals surface area contributed by atoms with Gasteiger partial charge in [0.1, 0.15) is 11.6 Å². The van der Waals surface area contributed by atoms with Crippen LogP contribution in [-0.2, 0) is 20.0 Å². The average Bonchev–Trinajstić information content (AvgIpc) is 2.45. The van der Waals surface area contributed by atoms with Crippen LogP contribution in [0.5, 0.6) is 0 Å². The lowest BCUT2D eigenvalue weighted by atomic mass is 10.2. The van der Waals surface area contributed by atoms with E-state index in [0.717, 1.165) is 5.56 Å². The van der Waals surface area contributed by atoms with Gasteiger partial charge in [-0.15, -0.1) is 0 Å². The molecular formula is C16H24N2O4S. The lowest BCUT2D eigenvalue weighted by Crippen LogP contribution is -2.45. The number of alkyl carbamates (subject to hydrolysis) is 1. The van der Waals surface area contributed by atoms with Gasteiger partial charge in [-0.2, -0.15) is 11.8 Å². The number of methoxy groups -OCH3 is 1. The Labute approximate surface area is 141 Å². The molecule has 1 aromatic carbocycles. The van der Waals surface area contributed by atoms with Gasteiger partial charge in [-0.25, -0.2) is 9.59 Å². The van der Waals surface area contributed by atoms with Crippen molar-refractivity contribution in [2.24, 2.45) is 0 Å². The van der Waals surface area contributed by atoms with Gasteiger partial charge in [0.05, 0.1) is 7.11 Å². The number of benzene rings is 1. The number of amides is 1. The third-order valence-corrected chi connectivity index (χ3v) is 3.82. The second kappa shape index (κ2) is 8.67. The van der Waals surface area contributed by atoms with Crippen LogP contribution in [0, 0.1) is 0 Å². The van der Waals surface area contributed by atoms with E-state index in [0.29, 0.717) is 17.2 Å². The van der Waals surface area contributed by atoms with E-state index in [-0.39, 0.29) is 0 Å². The fourth-order valence-electron chi connectivity index (χ4n) is 1.67. The van der Waals surface area contributed by atoms with E-state index >= 15 is 0 Å². The summed E-state index contributed by atoms with van der Waals surface area (Å²) >= 11 is 1.51. The van der Waals surface area contributed by atoms with Crippen LogP contribution in [0.2, 0.25) is 0 Å². The third-order valence-electron chi connectivity index (χ3n) is 2.71. The first kappa shape index (κ1) is 19.2. The molecule has 1 unspecified atom stereocenters. The Morgan fingerprint density at radius 2 is 1.87 bits per heavy atom. The number of anilines is 1. The van der Waals surface area contributed by atoms with Gasteiger partial charge in [0, 0.05) is 17.2 Å². The molecule has 0 aliphatic heterocycles. The number of nitrogens with two attached hydrogens (primary N) is 1. The van der Waals surface area contributed by atoms with Gasteiger partial charge in [-0.3, -0.25) is 0 Å². The van der Waals surface area contributed by atoms with Crippen molar-refractivity contribution in [2.75, 3.05) is 18.6 Å². The van der Waals surface area contributed by atoms with E-state index in [9.17, 15) is 9.59 Å². The van der Waals surface area contributed by atoms with Crippen molar-refractivity contribution in [3.63, 3.8) is 0 Å². The summed E-state index contributed by atoms with van der Waals surface area (Å²) in [6.07, 6.45) is -0.638. The fourth-order valence-corrected chi connectivity index (χ4v) is 2.67. The topological polar surface area (TPSA) is 90.6 Å². The minimum absolute atomic E-state index is 0.385. The molecule has 0 spiro atoms. The van der Waals surface area contributed by atoms with E-state index in [4.69, 9.17) is 15.2 Å². The van der Waals surface area contributed by atoms with E-state index in [1.807, 2.05) is 24.3 Å². The van der Waals surface area contributed by atoms with Crippen molar-refractivity contribution in [1.29, 1.82) is 0 Å². The number of nitrogen functional groups attached to an aromatic ring is 1. The SMILES string of the molecule is COC(=O)C(CSCc1ccc(N)cc1)NC(=O)OC(C)(C)C. The number of thioether (sulfide) groups is 1. The van der Waals surface area contributed by atoms with Crippen LogP contribution in [0.25, 0.3) is 0 Å². The Hall–Kier alpha value is -1.89. The lowest BCUT2D eigenvalue weighted by Gasteiger charge is -2.22. The van der Waals surface area contributed by atoms with Crippen LogP contribution in [0.3, 0.4) is 0 Å². The third kappa shape index (κ3) is 7.78. The molecule has 0 radical (unpaired) electrons. The molecule has 1 rings (SSSR count). The van der Waals surface area contributed by atoms with Gasteiger partial charge in [0.15, 0.2) is 0 Å². The van der Waals surface area contributed by atoms with Gasteiger partial charge >= 0.3 is 12.1 Å². The van der Waals surface area contributed by atoms with Gasteiger partial charge < -0.3 is 20.5 Å². The number of esters is 1. The van der Waals surface area contributed by atoms with E-state index in [2.05, 4.69) is 5.32 Å². The summed E-state index contributed by atoms with van der Waals surface area (Å²) < 4.78 is 9.88. The second-order valence-electron chi connectivity index (χ2n) is 5.98. The normalized spacial score (nSPS) is 12.3. The van der Waals surface area contributed by atoms with E-state index < -0.39 is 23.7 Å². The van der Waals surface area contributed by atoms with Crippen molar-refractivity contribution in [3.05, 3.63) is 29.8 Å². The molecule has 0 saturated heterocycles. The Kier molecular flexibility index (Phi) is 7.22. The van der Waals surface area contributed by atoms with Crippen molar-refractivity contribution < 1.29 is 19.1 Å². The Morgan fingerprint density at radius 3 is 2.39 bits per heavy atom. The zero-order valence-corrected chi connectivity index (χ0v) is 14.7. The maximum atomic E-state index is 11.8. The molecule has 0 aromatic heterocycles. The van der Waals surface area contributed by atoms with Gasteiger partial charge in [-0.1, -0.05) is 12.1 Å².